The molecule has 0 atom stereocenters. The van der Waals surface area contributed by atoms with E-state index >= 15 is 0 Å². The van der Waals surface area contributed by atoms with E-state index in [1.165, 1.54) is 28.4 Å². The SMILES string of the molecule is COc1ccc2c(c1)N(CN1CCN(S(=O)(=O)c3ccc(Cl)cc3)CC1)C(=O)C2=O. The number of rotatable bonds is 5. The number of sulfonamides is 1. The van der Waals surface area contributed by atoms with Gasteiger partial charge >= 0.3 is 5.91 Å². The number of methoxy groups -OCH3 is 1. The van der Waals surface area contributed by atoms with E-state index in [0.29, 0.717) is 35.1 Å². The van der Waals surface area contributed by atoms with Crippen LogP contribution >= 0.6 is 11.6 Å². The van der Waals surface area contributed by atoms with Crippen molar-refractivity contribution >= 4 is 39.0 Å². The monoisotopic (exact) mass is 449 g/mol. The minimum absolute atomic E-state index is 0.196. The molecular formula is C20H20ClN3O5S. The zero-order chi connectivity index (χ0) is 21.5. The summed E-state index contributed by atoms with van der Waals surface area (Å²) < 4.78 is 32.3. The Kier molecular flexibility index (Phi) is 5.54. The molecule has 0 spiro atoms. The Hall–Kier alpha value is -2.46. The van der Waals surface area contributed by atoms with Crippen LogP contribution in [0.25, 0.3) is 0 Å². The number of anilines is 1. The van der Waals surface area contributed by atoms with Crippen LogP contribution in [0.15, 0.2) is 47.4 Å². The van der Waals surface area contributed by atoms with Gasteiger partial charge in [0.25, 0.3) is 5.78 Å². The Balaban J connectivity index is 1.45. The molecule has 158 valence electrons. The summed E-state index contributed by atoms with van der Waals surface area (Å²) in [6, 6.07) is 11.0. The van der Waals surface area contributed by atoms with Crippen LogP contribution in [0.2, 0.25) is 5.02 Å². The molecule has 0 radical (unpaired) electrons. The van der Waals surface area contributed by atoms with E-state index in [2.05, 4.69) is 0 Å². The molecule has 0 unspecified atom stereocenters. The number of hydrogen-bond donors (Lipinski definition) is 0. The molecule has 0 bridgehead atoms. The summed E-state index contributed by atoms with van der Waals surface area (Å²) in [5.41, 5.74) is 0.866. The fourth-order valence-corrected chi connectivity index (χ4v) is 5.16. The first kappa shape index (κ1) is 20.8. The van der Waals surface area contributed by atoms with Gasteiger partial charge in [0.2, 0.25) is 10.0 Å². The summed E-state index contributed by atoms with van der Waals surface area (Å²) in [6.07, 6.45) is 0. The summed E-state index contributed by atoms with van der Waals surface area (Å²) in [7, 11) is -2.09. The molecule has 8 nitrogen and oxygen atoms in total. The second kappa shape index (κ2) is 7.99. The third-order valence-corrected chi connectivity index (χ3v) is 7.47. The first-order chi connectivity index (χ1) is 14.3. The number of ketones is 1. The van der Waals surface area contributed by atoms with Crippen molar-refractivity contribution in [2.75, 3.05) is 44.9 Å². The lowest BCUT2D eigenvalue weighted by Crippen LogP contribution is -2.52. The van der Waals surface area contributed by atoms with Crippen molar-refractivity contribution in [3.05, 3.63) is 53.1 Å². The van der Waals surface area contributed by atoms with E-state index in [9.17, 15) is 18.0 Å². The maximum atomic E-state index is 12.8. The molecule has 2 aromatic rings. The Bertz CT molecular complexity index is 1100. The van der Waals surface area contributed by atoms with E-state index in [-0.39, 0.29) is 24.7 Å². The number of halogens is 1. The molecule has 0 aliphatic carbocycles. The average molecular weight is 450 g/mol. The average Bonchev–Trinajstić information content (AvgIpc) is 2.98. The van der Waals surface area contributed by atoms with Gasteiger partial charge in [-0.1, -0.05) is 11.6 Å². The van der Waals surface area contributed by atoms with Crippen molar-refractivity contribution in [2.45, 2.75) is 4.90 Å². The molecule has 2 aliphatic heterocycles. The zero-order valence-electron chi connectivity index (χ0n) is 16.2. The van der Waals surface area contributed by atoms with Gasteiger partial charge in [0.1, 0.15) is 5.75 Å². The maximum Gasteiger partial charge on any atom is 0.300 e. The predicted molar refractivity (Wildman–Crippen MR) is 111 cm³/mol. The number of ether oxygens (including phenoxy) is 1. The van der Waals surface area contributed by atoms with Crippen LogP contribution in [0.4, 0.5) is 5.69 Å². The molecule has 10 heteroatoms. The molecule has 1 amide bonds. The second-order valence-corrected chi connectivity index (χ2v) is 9.44. The Labute approximate surface area is 179 Å². The molecule has 2 aromatic carbocycles. The molecule has 2 heterocycles. The highest BCUT2D eigenvalue weighted by atomic mass is 35.5. The number of carbonyl (C=O) groups excluding carboxylic acids is 2. The van der Waals surface area contributed by atoms with E-state index in [4.69, 9.17) is 16.3 Å². The molecular weight excluding hydrogens is 430 g/mol. The predicted octanol–water partition coefficient (Wildman–Crippen LogP) is 1.84. The summed E-state index contributed by atoms with van der Waals surface area (Å²) in [4.78, 5) is 28.3. The van der Waals surface area contributed by atoms with Crippen LogP contribution in [-0.2, 0) is 14.8 Å². The van der Waals surface area contributed by atoms with Crippen LogP contribution < -0.4 is 9.64 Å². The van der Waals surface area contributed by atoms with E-state index in [1.54, 1.807) is 30.3 Å². The van der Waals surface area contributed by atoms with Crippen LogP contribution in [0, 0.1) is 0 Å². The summed E-state index contributed by atoms with van der Waals surface area (Å²) >= 11 is 5.85. The van der Waals surface area contributed by atoms with Crippen molar-refractivity contribution in [2.24, 2.45) is 0 Å². The van der Waals surface area contributed by atoms with Crippen molar-refractivity contribution in [1.29, 1.82) is 0 Å². The second-order valence-electron chi connectivity index (χ2n) is 7.06. The Morgan fingerprint density at radius 3 is 2.30 bits per heavy atom. The molecule has 1 saturated heterocycles. The quantitative estimate of drug-likeness (QED) is 0.647. The van der Waals surface area contributed by atoms with Crippen LogP contribution in [0.1, 0.15) is 10.4 Å². The molecule has 4 rings (SSSR count). The summed E-state index contributed by atoms with van der Waals surface area (Å²) in [6.45, 7) is 1.64. The highest BCUT2D eigenvalue weighted by molar-refractivity contribution is 7.89. The third kappa shape index (κ3) is 3.69. The zero-order valence-corrected chi connectivity index (χ0v) is 17.8. The normalized spacial score (nSPS) is 18.0. The number of amides is 1. The molecule has 0 N–H and O–H groups in total. The smallest absolute Gasteiger partial charge is 0.300 e. The standard InChI is InChI=1S/C20H20ClN3O5S/c1-29-15-4-7-17-18(12-15)24(20(26)19(17)25)13-22-8-10-23(11-9-22)30(27,28)16-5-2-14(21)3-6-16/h2-7,12H,8-11,13H2,1H3. The van der Waals surface area contributed by atoms with Gasteiger partial charge in [-0.05, 0) is 36.4 Å². The number of carbonyl (C=O) groups is 2. The van der Waals surface area contributed by atoms with Crippen molar-refractivity contribution in [3.8, 4) is 5.75 Å². The van der Waals surface area contributed by atoms with Crippen molar-refractivity contribution in [1.82, 2.24) is 9.21 Å². The highest BCUT2D eigenvalue weighted by Crippen LogP contribution is 2.32. The molecule has 1 fully saturated rings. The van der Waals surface area contributed by atoms with E-state index in [0.717, 1.165) is 0 Å². The van der Waals surface area contributed by atoms with Crippen molar-refractivity contribution < 1.29 is 22.7 Å². The number of piperazine rings is 1. The van der Waals surface area contributed by atoms with Gasteiger partial charge in [-0.2, -0.15) is 4.31 Å². The number of fused-ring (bicyclic) bond motifs is 1. The summed E-state index contributed by atoms with van der Waals surface area (Å²) in [5, 5.41) is 0.473. The van der Waals surface area contributed by atoms with Gasteiger partial charge < -0.3 is 4.74 Å². The van der Waals surface area contributed by atoms with Crippen LogP contribution in [0.3, 0.4) is 0 Å². The first-order valence-corrected chi connectivity index (χ1v) is 11.2. The largest absolute Gasteiger partial charge is 0.497 e. The van der Waals surface area contributed by atoms with Crippen molar-refractivity contribution in [3.63, 3.8) is 0 Å². The van der Waals surface area contributed by atoms with Crippen LogP contribution in [-0.4, -0.2) is 69.3 Å². The summed E-state index contributed by atoms with van der Waals surface area (Å²) in [5.74, 6) is -0.578. The minimum Gasteiger partial charge on any atom is -0.497 e. The molecule has 30 heavy (non-hydrogen) atoms. The van der Waals surface area contributed by atoms with Gasteiger partial charge in [-0.3, -0.25) is 19.4 Å². The van der Waals surface area contributed by atoms with E-state index in [1.807, 2.05) is 4.90 Å². The maximum absolute atomic E-state index is 12.8. The minimum atomic E-state index is -3.61. The van der Waals surface area contributed by atoms with Gasteiger partial charge in [-0.15, -0.1) is 0 Å². The van der Waals surface area contributed by atoms with E-state index < -0.39 is 21.7 Å². The lowest BCUT2D eigenvalue weighted by molar-refractivity contribution is -0.114. The lowest BCUT2D eigenvalue weighted by atomic mass is 10.1. The fraction of sp³-hybridized carbons (Fsp3) is 0.300. The Morgan fingerprint density at radius 1 is 1.00 bits per heavy atom. The Morgan fingerprint density at radius 2 is 1.67 bits per heavy atom. The van der Waals surface area contributed by atoms with Gasteiger partial charge in [0, 0.05) is 37.3 Å². The fourth-order valence-electron chi connectivity index (χ4n) is 3.61. The number of Topliss-reactive ketones (excluding diaryl/α,β-unsaturated/α-hetero) is 1. The molecule has 0 saturated carbocycles. The van der Waals surface area contributed by atoms with Gasteiger partial charge in [0.05, 0.1) is 29.9 Å². The molecule has 2 aliphatic rings. The van der Waals surface area contributed by atoms with Gasteiger partial charge in [-0.25, -0.2) is 8.42 Å². The van der Waals surface area contributed by atoms with Gasteiger partial charge in [0.15, 0.2) is 0 Å². The number of hydrogen-bond acceptors (Lipinski definition) is 6. The third-order valence-electron chi connectivity index (χ3n) is 5.30. The topological polar surface area (TPSA) is 87.2 Å². The number of benzene rings is 2. The number of nitrogens with zero attached hydrogens (tertiary/aromatic N) is 3. The first-order valence-electron chi connectivity index (χ1n) is 9.33. The lowest BCUT2D eigenvalue weighted by Gasteiger charge is -2.35. The highest BCUT2D eigenvalue weighted by Gasteiger charge is 2.38. The van der Waals surface area contributed by atoms with Crippen LogP contribution in [0.5, 0.6) is 5.75 Å². The molecule has 0 aromatic heterocycles.